The molecule has 0 saturated carbocycles. The van der Waals surface area contributed by atoms with E-state index >= 15 is 0 Å². The van der Waals surface area contributed by atoms with Gasteiger partial charge in [0.25, 0.3) is 0 Å². The molecule has 0 amide bonds. The van der Waals surface area contributed by atoms with E-state index < -0.39 is 0 Å². The van der Waals surface area contributed by atoms with Crippen molar-refractivity contribution in [1.82, 2.24) is 14.9 Å². The number of rotatable bonds is 7. The summed E-state index contributed by atoms with van der Waals surface area (Å²) in [6, 6.07) is 1.90. The molecule has 0 aliphatic heterocycles. The summed E-state index contributed by atoms with van der Waals surface area (Å²) in [5, 5.41) is 3.33. The van der Waals surface area contributed by atoms with Gasteiger partial charge in [0.05, 0.1) is 6.61 Å². The molecule has 5 heteroatoms. The minimum absolute atomic E-state index is 0.145. The zero-order valence-electron chi connectivity index (χ0n) is 9.85. The molecule has 1 rings (SSSR count). The number of nitrogens with one attached hydrogen (secondary N) is 1. The Morgan fingerprint density at radius 3 is 3.06 bits per heavy atom. The Bertz CT molecular complexity index is 351. The highest BCUT2D eigenvalue weighted by Gasteiger charge is 2.08. The Morgan fingerprint density at radius 2 is 2.44 bits per heavy atom. The molecular formula is C11H19N3O2. The van der Waals surface area contributed by atoms with Crippen LogP contribution < -0.4 is 11.0 Å². The molecule has 0 radical (unpaired) electrons. The Morgan fingerprint density at radius 1 is 1.62 bits per heavy atom. The summed E-state index contributed by atoms with van der Waals surface area (Å²) in [5.74, 6) is 0. The molecule has 16 heavy (non-hydrogen) atoms. The molecule has 1 unspecified atom stereocenters. The largest absolute Gasteiger partial charge is 0.383 e. The number of hydrogen-bond acceptors (Lipinski definition) is 4. The molecule has 1 atom stereocenters. The summed E-state index contributed by atoms with van der Waals surface area (Å²) >= 11 is 0. The molecule has 1 heterocycles. The Balaban J connectivity index is 2.60. The number of ether oxygens (including phenoxy) is 1. The maximum Gasteiger partial charge on any atom is 0.347 e. The molecule has 1 N–H and O–H groups in total. The van der Waals surface area contributed by atoms with Gasteiger partial charge in [0.1, 0.15) is 0 Å². The molecule has 0 aliphatic rings. The standard InChI is InChI=1S/C11H19N3O2/c1-3-5-12-10(9-16-2)8-14-7-4-6-13-11(14)15/h4,6-7,10,12H,3,5,8-9H2,1-2H3. The van der Waals surface area contributed by atoms with E-state index in [4.69, 9.17) is 4.74 Å². The summed E-state index contributed by atoms with van der Waals surface area (Å²) in [5.41, 5.74) is -0.220. The summed E-state index contributed by atoms with van der Waals surface area (Å²) in [6.45, 7) is 4.19. The first-order chi connectivity index (χ1) is 7.77. The minimum Gasteiger partial charge on any atom is -0.383 e. The second-order valence-corrected chi connectivity index (χ2v) is 3.66. The van der Waals surface area contributed by atoms with Gasteiger partial charge in [-0.1, -0.05) is 6.92 Å². The molecular weight excluding hydrogens is 206 g/mol. The van der Waals surface area contributed by atoms with Crippen molar-refractivity contribution in [3.05, 3.63) is 28.9 Å². The van der Waals surface area contributed by atoms with Crippen LogP contribution in [0.25, 0.3) is 0 Å². The number of hydrogen-bond donors (Lipinski definition) is 1. The third-order valence-electron chi connectivity index (χ3n) is 2.25. The Labute approximate surface area is 95.5 Å². The average molecular weight is 225 g/mol. The maximum atomic E-state index is 11.4. The molecule has 90 valence electrons. The van der Waals surface area contributed by atoms with Gasteiger partial charge in [0.2, 0.25) is 0 Å². The first-order valence-corrected chi connectivity index (χ1v) is 5.51. The van der Waals surface area contributed by atoms with E-state index in [0.717, 1.165) is 13.0 Å². The van der Waals surface area contributed by atoms with Crippen LogP contribution in [0.2, 0.25) is 0 Å². The predicted octanol–water partition coefficient (Wildman–Crippen LogP) is 0.258. The number of methoxy groups -OCH3 is 1. The fourth-order valence-electron chi connectivity index (χ4n) is 1.49. The van der Waals surface area contributed by atoms with E-state index in [1.54, 1.807) is 23.9 Å². The lowest BCUT2D eigenvalue weighted by Gasteiger charge is -2.18. The first kappa shape index (κ1) is 12.9. The average Bonchev–Trinajstić information content (AvgIpc) is 2.29. The van der Waals surface area contributed by atoms with Crippen LogP contribution in [0.5, 0.6) is 0 Å². The van der Waals surface area contributed by atoms with Crippen LogP contribution >= 0.6 is 0 Å². The van der Waals surface area contributed by atoms with Gasteiger partial charge < -0.3 is 10.1 Å². The quantitative estimate of drug-likeness (QED) is 0.723. The highest BCUT2D eigenvalue weighted by atomic mass is 16.5. The lowest BCUT2D eigenvalue weighted by molar-refractivity contribution is 0.158. The van der Waals surface area contributed by atoms with Crippen molar-refractivity contribution in [3.8, 4) is 0 Å². The summed E-state index contributed by atoms with van der Waals surface area (Å²) in [6.07, 6.45) is 4.30. The van der Waals surface area contributed by atoms with Crippen molar-refractivity contribution in [2.75, 3.05) is 20.3 Å². The number of nitrogens with zero attached hydrogens (tertiary/aromatic N) is 2. The van der Waals surface area contributed by atoms with Crippen LogP contribution in [-0.4, -0.2) is 35.9 Å². The smallest absolute Gasteiger partial charge is 0.347 e. The topological polar surface area (TPSA) is 56.1 Å². The van der Waals surface area contributed by atoms with Crippen molar-refractivity contribution in [2.24, 2.45) is 0 Å². The summed E-state index contributed by atoms with van der Waals surface area (Å²) in [4.78, 5) is 15.1. The van der Waals surface area contributed by atoms with E-state index in [1.807, 2.05) is 0 Å². The van der Waals surface area contributed by atoms with Crippen LogP contribution in [0.1, 0.15) is 13.3 Å². The van der Waals surface area contributed by atoms with Gasteiger partial charge in [-0.2, -0.15) is 0 Å². The SMILES string of the molecule is CCCNC(COC)Cn1cccnc1=O. The van der Waals surface area contributed by atoms with Crippen LogP contribution in [-0.2, 0) is 11.3 Å². The lowest BCUT2D eigenvalue weighted by atomic mass is 10.3. The molecule has 0 fully saturated rings. The fraction of sp³-hybridized carbons (Fsp3) is 0.636. The van der Waals surface area contributed by atoms with Crippen LogP contribution in [0.3, 0.4) is 0 Å². The van der Waals surface area contributed by atoms with Crippen molar-refractivity contribution >= 4 is 0 Å². The summed E-state index contributed by atoms with van der Waals surface area (Å²) in [7, 11) is 1.66. The third kappa shape index (κ3) is 4.12. The normalized spacial score (nSPS) is 12.6. The van der Waals surface area contributed by atoms with Gasteiger partial charge in [-0.15, -0.1) is 0 Å². The molecule has 0 spiro atoms. The van der Waals surface area contributed by atoms with Gasteiger partial charge >= 0.3 is 5.69 Å². The highest BCUT2D eigenvalue weighted by Crippen LogP contribution is 1.91. The molecule has 1 aromatic rings. The van der Waals surface area contributed by atoms with Gasteiger partial charge in [-0.3, -0.25) is 4.57 Å². The fourth-order valence-corrected chi connectivity index (χ4v) is 1.49. The second-order valence-electron chi connectivity index (χ2n) is 3.66. The van der Waals surface area contributed by atoms with Gasteiger partial charge in [0, 0.05) is 32.1 Å². The van der Waals surface area contributed by atoms with Crippen molar-refractivity contribution in [2.45, 2.75) is 25.9 Å². The van der Waals surface area contributed by atoms with E-state index in [2.05, 4.69) is 17.2 Å². The molecule has 1 aromatic heterocycles. The van der Waals surface area contributed by atoms with Crippen LogP contribution in [0.4, 0.5) is 0 Å². The van der Waals surface area contributed by atoms with E-state index in [9.17, 15) is 4.79 Å². The van der Waals surface area contributed by atoms with E-state index in [0.29, 0.717) is 13.2 Å². The van der Waals surface area contributed by atoms with Crippen molar-refractivity contribution in [1.29, 1.82) is 0 Å². The first-order valence-electron chi connectivity index (χ1n) is 5.51. The third-order valence-corrected chi connectivity index (χ3v) is 2.25. The lowest BCUT2D eigenvalue weighted by Crippen LogP contribution is -2.40. The minimum atomic E-state index is -0.220. The highest BCUT2D eigenvalue weighted by molar-refractivity contribution is 4.82. The maximum absolute atomic E-state index is 11.4. The summed E-state index contributed by atoms with van der Waals surface area (Å²) < 4.78 is 6.70. The molecule has 0 saturated heterocycles. The monoisotopic (exact) mass is 225 g/mol. The zero-order valence-corrected chi connectivity index (χ0v) is 9.85. The van der Waals surface area contributed by atoms with Crippen molar-refractivity contribution in [3.63, 3.8) is 0 Å². The molecule has 0 aromatic carbocycles. The predicted molar refractivity (Wildman–Crippen MR) is 62.5 cm³/mol. The van der Waals surface area contributed by atoms with Crippen molar-refractivity contribution < 1.29 is 4.74 Å². The molecule has 0 aliphatic carbocycles. The Hall–Kier alpha value is -1.20. The van der Waals surface area contributed by atoms with Gasteiger partial charge in [0.15, 0.2) is 0 Å². The molecule has 0 bridgehead atoms. The van der Waals surface area contributed by atoms with Gasteiger partial charge in [-0.25, -0.2) is 9.78 Å². The molecule has 5 nitrogen and oxygen atoms in total. The van der Waals surface area contributed by atoms with E-state index in [1.165, 1.54) is 6.20 Å². The second kappa shape index (κ2) is 7.14. The number of aromatic nitrogens is 2. The zero-order chi connectivity index (χ0) is 11.8. The van der Waals surface area contributed by atoms with E-state index in [-0.39, 0.29) is 11.7 Å². The van der Waals surface area contributed by atoms with Crippen LogP contribution in [0, 0.1) is 0 Å². The van der Waals surface area contributed by atoms with Crippen LogP contribution in [0.15, 0.2) is 23.3 Å². The van der Waals surface area contributed by atoms with Gasteiger partial charge in [-0.05, 0) is 19.0 Å². The Kier molecular flexibility index (Phi) is 5.74.